The zero-order chi connectivity index (χ0) is 27.3. The molecule has 0 unspecified atom stereocenters. The number of nitrogen functional groups attached to an aromatic ring is 1. The molecule has 0 aliphatic heterocycles. The lowest BCUT2D eigenvalue weighted by atomic mass is 10.0. The van der Waals surface area contributed by atoms with Crippen molar-refractivity contribution in [1.29, 1.82) is 5.41 Å². The van der Waals surface area contributed by atoms with Crippen LogP contribution in [0, 0.1) is 5.41 Å². The minimum atomic E-state index is -4.00. The molecular formula is C26H25FN4O5S. The Bertz CT molecular complexity index is 1500. The first-order valence-electron chi connectivity index (χ1n) is 10.9. The van der Waals surface area contributed by atoms with Crippen molar-refractivity contribution in [2.45, 2.75) is 11.8 Å². The van der Waals surface area contributed by atoms with Gasteiger partial charge in [0.25, 0.3) is 5.91 Å². The molecule has 3 aromatic carbocycles. The number of nitrogens with zero attached hydrogens (tertiary/aromatic N) is 1. The highest BCUT2D eigenvalue weighted by atomic mass is 32.2. The van der Waals surface area contributed by atoms with Crippen LogP contribution in [0.5, 0.6) is 0 Å². The monoisotopic (exact) mass is 524 g/mol. The standard InChI is InChI=1S/C26H25FN4O5S/c1-16(18-6-5-7-19(14-18)25(28)29)24(27)26(33)31(15-23(32)36-2)20-12-10-17(11-13-20)21-8-3-4-9-22(21)37(30,34)35/h3-14H,15H2,1-2H3,(H3,28,29)(H2,30,34,35). The first-order chi connectivity index (χ1) is 17.4. The van der Waals surface area contributed by atoms with Gasteiger partial charge in [-0.05, 0) is 47.9 Å². The molecule has 9 nitrogen and oxygen atoms in total. The van der Waals surface area contributed by atoms with Gasteiger partial charge >= 0.3 is 5.97 Å². The minimum Gasteiger partial charge on any atom is -0.468 e. The second-order valence-electron chi connectivity index (χ2n) is 7.99. The molecule has 0 aliphatic rings. The number of carbonyl (C=O) groups excluding carboxylic acids is 2. The maximum Gasteiger partial charge on any atom is 0.325 e. The van der Waals surface area contributed by atoms with Crippen molar-refractivity contribution in [2.75, 3.05) is 18.6 Å². The molecule has 37 heavy (non-hydrogen) atoms. The summed E-state index contributed by atoms with van der Waals surface area (Å²) in [6, 6.07) is 18.3. The summed E-state index contributed by atoms with van der Waals surface area (Å²) < 4.78 is 44.0. The van der Waals surface area contributed by atoms with E-state index in [0.29, 0.717) is 22.3 Å². The number of allylic oxidation sites excluding steroid dienone is 1. The van der Waals surface area contributed by atoms with Gasteiger partial charge in [0.05, 0.1) is 12.0 Å². The molecule has 5 N–H and O–H groups in total. The quantitative estimate of drug-likeness (QED) is 0.178. The Morgan fingerprint density at radius 1 is 1.00 bits per heavy atom. The summed E-state index contributed by atoms with van der Waals surface area (Å²) in [7, 11) is -2.86. The lowest BCUT2D eigenvalue weighted by Crippen LogP contribution is -2.36. The summed E-state index contributed by atoms with van der Waals surface area (Å²) in [6.45, 7) is 0.826. The van der Waals surface area contributed by atoms with Gasteiger partial charge in [0.2, 0.25) is 10.0 Å². The number of amidine groups is 1. The van der Waals surface area contributed by atoms with E-state index >= 15 is 4.39 Å². The number of anilines is 1. The van der Waals surface area contributed by atoms with Crippen molar-refractivity contribution in [3.63, 3.8) is 0 Å². The van der Waals surface area contributed by atoms with Crippen LogP contribution in [0.2, 0.25) is 0 Å². The van der Waals surface area contributed by atoms with Gasteiger partial charge in [-0.15, -0.1) is 0 Å². The number of primary sulfonamides is 1. The van der Waals surface area contributed by atoms with Crippen LogP contribution in [0.25, 0.3) is 16.7 Å². The Morgan fingerprint density at radius 3 is 2.22 bits per heavy atom. The largest absolute Gasteiger partial charge is 0.468 e. The van der Waals surface area contributed by atoms with Crippen LogP contribution in [0.15, 0.2) is 83.5 Å². The van der Waals surface area contributed by atoms with Crippen LogP contribution in [-0.4, -0.2) is 39.8 Å². The van der Waals surface area contributed by atoms with Crippen LogP contribution in [0.1, 0.15) is 18.1 Å². The van der Waals surface area contributed by atoms with Gasteiger partial charge in [-0.1, -0.05) is 48.5 Å². The Labute approximate surface area is 213 Å². The average molecular weight is 525 g/mol. The summed E-state index contributed by atoms with van der Waals surface area (Å²) in [5, 5.41) is 12.9. The normalized spacial score (nSPS) is 11.9. The van der Waals surface area contributed by atoms with E-state index in [2.05, 4.69) is 4.74 Å². The van der Waals surface area contributed by atoms with Crippen molar-refractivity contribution in [3.8, 4) is 11.1 Å². The molecular weight excluding hydrogens is 499 g/mol. The summed E-state index contributed by atoms with van der Waals surface area (Å²) in [5.74, 6) is -3.19. The Hall–Kier alpha value is -4.35. The average Bonchev–Trinajstić information content (AvgIpc) is 2.90. The summed E-state index contributed by atoms with van der Waals surface area (Å²) in [6.07, 6.45) is 0. The van der Waals surface area contributed by atoms with E-state index < -0.39 is 34.3 Å². The number of hydrogen-bond acceptors (Lipinski definition) is 6. The van der Waals surface area contributed by atoms with E-state index in [1.807, 2.05) is 0 Å². The fourth-order valence-corrected chi connectivity index (χ4v) is 4.33. The topological polar surface area (TPSA) is 157 Å². The number of ether oxygens (including phenoxy) is 1. The molecule has 0 saturated heterocycles. The highest BCUT2D eigenvalue weighted by Gasteiger charge is 2.26. The molecule has 3 rings (SSSR count). The number of rotatable bonds is 8. The molecule has 0 bridgehead atoms. The number of hydrogen-bond donors (Lipinski definition) is 3. The number of nitrogens with two attached hydrogens (primary N) is 2. The van der Waals surface area contributed by atoms with E-state index in [1.54, 1.807) is 30.3 Å². The van der Waals surface area contributed by atoms with E-state index in [0.717, 1.165) is 12.0 Å². The van der Waals surface area contributed by atoms with Gasteiger partial charge < -0.3 is 10.5 Å². The lowest BCUT2D eigenvalue weighted by molar-refractivity contribution is -0.139. The number of carbonyl (C=O) groups is 2. The number of benzene rings is 3. The van der Waals surface area contributed by atoms with Gasteiger partial charge in [0, 0.05) is 16.8 Å². The van der Waals surface area contributed by atoms with Crippen LogP contribution in [-0.2, 0) is 24.3 Å². The molecule has 0 aromatic heterocycles. The molecule has 0 saturated carbocycles. The zero-order valence-corrected chi connectivity index (χ0v) is 20.9. The third-order valence-electron chi connectivity index (χ3n) is 5.57. The number of esters is 1. The Balaban J connectivity index is 2.03. The summed E-state index contributed by atoms with van der Waals surface area (Å²) >= 11 is 0. The first-order valence-corrected chi connectivity index (χ1v) is 12.4. The second-order valence-corrected chi connectivity index (χ2v) is 9.52. The molecule has 0 heterocycles. The van der Waals surface area contributed by atoms with Gasteiger partial charge in [0.15, 0.2) is 5.83 Å². The second kappa shape index (κ2) is 11.1. The third-order valence-corrected chi connectivity index (χ3v) is 6.54. The summed E-state index contributed by atoms with van der Waals surface area (Å²) in [4.78, 5) is 26.1. The molecule has 1 amide bonds. The van der Waals surface area contributed by atoms with Crippen LogP contribution in [0.4, 0.5) is 10.1 Å². The van der Waals surface area contributed by atoms with Crippen LogP contribution in [0.3, 0.4) is 0 Å². The van der Waals surface area contributed by atoms with E-state index in [1.165, 1.54) is 49.4 Å². The maximum absolute atomic E-state index is 15.4. The van der Waals surface area contributed by atoms with Crippen molar-refractivity contribution in [1.82, 2.24) is 0 Å². The number of halogens is 1. The molecule has 0 radical (unpaired) electrons. The molecule has 192 valence electrons. The van der Waals surface area contributed by atoms with Crippen molar-refractivity contribution in [2.24, 2.45) is 10.9 Å². The number of nitrogens with one attached hydrogen (secondary N) is 1. The van der Waals surface area contributed by atoms with Crippen molar-refractivity contribution < 1.29 is 27.1 Å². The molecule has 0 fully saturated rings. The van der Waals surface area contributed by atoms with Crippen LogP contribution >= 0.6 is 0 Å². The van der Waals surface area contributed by atoms with E-state index in [9.17, 15) is 18.0 Å². The highest BCUT2D eigenvalue weighted by Crippen LogP contribution is 2.30. The molecule has 3 aromatic rings. The van der Waals surface area contributed by atoms with Crippen molar-refractivity contribution >= 4 is 39.0 Å². The Kier molecular flexibility index (Phi) is 8.21. The smallest absolute Gasteiger partial charge is 0.325 e. The van der Waals surface area contributed by atoms with E-state index in [-0.39, 0.29) is 22.0 Å². The SMILES string of the molecule is COC(=O)CN(C(=O)C(F)=C(C)c1cccc(C(=N)N)c1)c1ccc(-c2ccccc2S(N)(=O)=O)cc1. The van der Waals surface area contributed by atoms with Gasteiger partial charge in [-0.2, -0.15) is 0 Å². The molecule has 11 heteroatoms. The van der Waals surface area contributed by atoms with Gasteiger partial charge in [-0.25, -0.2) is 17.9 Å². The number of methoxy groups -OCH3 is 1. The van der Waals surface area contributed by atoms with E-state index in [4.69, 9.17) is 16.3 Å². The highest BCUT2D eigenvalue weighted by molar-refractivity contribution is 7.89. The van der Waals surface area contributed by atoms with Gasteiger partial charge in [0.1, 0.15) is 12.4 Å². The fourth-order valence-electron chi connectivity index (χ4n) is 3.57. The van der Waals surface area contributed by atoms with Crippen LogP contribution < -0.4 is 15.8 Å². The lowest BCUT2D eigenvalue weighted by Gasteiger charge is -2.22. The Morgan fingerprint density at radius 2 is 1.62 bits per heavy atom. The maximum atomic E-state index is 15.4. The summed E-state index contributed by atoms with van der Waals surface area (Å²) in [5.41, 5.74) is 7.19. The van der Waals surface area contributed by atoms with Crippen molar-refractivity contribution in [3.05, 3.63) is 89.8 Å². The fraction of sp³-hybridized carbons (Fsp3) is 0.115. The third kappa shape index (κ3) is 6.26. The molecule has 0 aliphatic carbocycles. The van der Waals surface area contributed by atoms with Gasteiger partial charge in [-0.3, -0.25) is 19.9 Å². The zero-order valence-electron chi connectivity index (χ0n) is 20.1. The minimum absolute atomic E-state index is 0.0123. The number of sulfonamides is 1. The predicted octanol–water partition coefficient (Wildman–Crippen LogP) is 3.19. The molecule has 0 atom stereocenters. The predicted molar refractivity (Wildman–Crippen MR) is 139 cm³/mol. The number of amides is 1. The first kappa shape index (κ1) is 27.2. The molecule has 0 spiro atoms.